The van der Waals surface area contributed by atoms with Gasteiger partial charge in [0.25, 0.3) is 11.8 Å². The second-order valence-electron chi connectivity index (χ2n) is 6.92. The van der Waals surface area contributed by atoms with E-state index in [4.69, 9.17) is 34.8 Å². The fourth-order valence-corrected chi connectivity index (χ4v) is 3.19. The van der Waals surface area contributed by atoms with Gasteiger partial charge in [0.15, 0.2) is 0 Å². The summed E-state index contributed by atoms with van der Waals surface area (Å²) >= 11 is 18.2. The van der Waals surface area contributed by atoms with Gasteiger partial charge in [-0.2, -0.15) is 0 Å². The van der Waals surface area contributed by atoms with E-state index >= 15 is 0 Å². The van der Waals surface area contributed by atoms with Gasteiger partial charge in [-0.1, -0.05) is 46.9 Å². The lowest BCUT2D eigenvalue weighted by Crippen LogP contribution is -2.58. The molecule has 27 heavy (non-hydrogen) atoms. The lowest BCUT2D eigenvalue weighted by atomic mass is 10.1. The monoisotopic (exact) mass is 426 g/mol. The van der Waals surface area contributed by atoms with E-state index in [1.54, 1.807) is 43.3 Å². The van der Waals surface area contributed by atoms with Crippen molar-refractivity contribution in [2.75, 3.05) is 6.54 Å². The number of nitrogens with zero attached hydrogens (tertiary/aromatic N) is 2. The zero-order valence-corrected chi connectivity index (χ0v) is 17.9. The van der Waals surface area contributed by atoms with Crippen LogP contribution in [0.4, 0.5) is 0 Å². The number of hydrogen-bond acceptors (Lipinski definition) is 2. The number of carbonyl (C=O) groups is 2. The summed E-state index contributed by atoms with van der Waals surface area (Å²) in [6.45, 7) is 7.64. The molecular formula is C20H21Cl3N2O2. The molecule has 0 unspecified atom stereocenters. The average Bonchev–Trinajstić information content (AvgIpc) is 2.60. The first-order chi connectivity index (χ1) is 12.6. The number of hydrazine groups is 1. The van der Waals surface area contributed by atoms with Crippen LogP contribution in [0, 0.1) is 0 Å². The zero-order valence-electron chi connectivity index (χ0n) is 15.6. The third kappa shape index (κ3) is 4.75. The van der Waals surface area contributed by atoms with Crippen molar-refractivity contribution in [1.82, 2.24) is 10.0 Å². The van der Waals surface area contributed by atoms with Gasteiger partial charge in [-0.25, -0.2) is 10.0 Å². The first-order valence-corrected chi connectivity index (χ1v) is 9.57. The van der Waals surface area contributed by atoms with E-state index in [2.05, 4.69) is 0 Å². The molecule has 0 heterocycles. The van der Waals surface area contributed by atoms with Crippen LogP contribution in [-0.2, 0) is 0 Å². The highest BCUT2D eigenvalue weighted by Crippen LogP contribution is 2.27. The van der Waals surface area contributed by atoms with E-state index < -0.39 is 5.54 Å². The largest absolute Gasteiger partial charge is 0.273 e. The minimum Gasteiger partial charge on any atom is -0.267 e. The molecule has 0 fully saturated rings. The summed E-state index contributed by atoms with van der Waals surface area (Å²) in [4.78, 5) is 26.4. The summed E-state index contributed by atoms with van der Waals surface area (Å²) in [7, 11) is 0. The molecule has 2 aromatic rings. The highest BCUT2D eigenvalue weighted by molar-refractivity contribution is 6.42. The number of hydrogen-bond donors (Lipinski definition) is 0. The fraction of sp³-hybridized carbons (Fsp3) is 0.300. The fourth-order valence-electron chi connectivity index (χ4n) is 2.68. The number of amides is 2. The molecule has 0 bridgehead atoms. The molecule has 7 heteroatoms. The quantitative estimate of drug-likeness (QED) is 0.567. The Morgan fingerprint density at radius 3 is 2.04 bits per heavy atom. The van der Waals surface area contributed by atoms with Crippen LogP contribution in [0.25, 0.3) is 0 Å². The van der Waals surface area contributed by atoms with Crippen molar-refractivity contribution in [3.8, 4) is 0 Å². The summed E-state index contributed by atoms with van der Waals surface area (Å²) in [6.07, 6.45) is 0. The Balaban J connectivity index is 2.50. The van der Waals surface area contributed by atoms with Crippen molar-refractivity contribution in [2.45, 2.75) is 33.2 Å². The molecule has 0 atom stereocenters. The van der Waals surface area contributed by atoms with Crippen molar-refractivity contribution < 1.29 is 9.59 Å². The molecule has 0 aromatic heterocycles. The van der Waals surface area contributed by atoms with Crippen LogP contribution >= 0.6 is 34.8 Å². The van der Waals surface area contributed by atoms with Crippen LogP contribution < -0.4 is 0 Å². The van der Waals surface area contributed by atoms with Gasteiger partial charge in [0.1, 0.15) is 0 Å². The standard InChI is InChI=1S/C20H21Cl3N2O2/c1-5-24(19(27)14-8-6-7-9-15(14)21)25(20(2,3)4)18(26)13-10-11-16(22)17(23)12-13/h6-12H,5H2,1-4H3. The molecule has 4 nitrogen and oxygen atoms in total. The predicted octanol–water partition coefficient (Wildman–Crippen LogP) is 5.96. The predicted molar refractivity (Wildman–Crippen MR) is 111 cm³/mol. The molecular weight excluding hydrogens is 407 g/mol. The summed E-state index contributed by atoms with van der Waals surface area (Å²) in [5, 5.41) is 3.79. The van der Waals surface area contributed by atoms with Gasteiger partial charge in [-0.3, -0.25) is 9.59 Å². The lowest BCUT2D eigenvalue weighted by Gasteiger charge is -2.43. The van der Waals surface area contributed by atoms with Crippen molar-refractivity contribution >= 4 is 46.6 Å². The Morgan fingerprint density at radius 1 is 0.889 bits per heavy atom. The van der Waals surface area contributed by atoms with Crippen LogP contribution in [0.1, 0.15) is 48.4 Å². The zero-order chi connectivity index (χ0) is 20.4. The SMILES string of the molecule is CCN(C(=O)c1ccccc1Cl)N(C(=O)c1ccc(Cl)c(Cl)c1)C(C)(C)C. The summed E-state index contributed by atoms with van der Waals surface area (Å²) < 4.78 is 0. The summed E-state index contributed by atoms with van der Waals surface area (Å²) in [6, 6.07) is 11.4. The van der Waals surface area contributed by atoms with Crippen LogP contribution in [0.15, 0.2) is 42.5 Å². The molecule has 0 aliphatic carbocycles. The molecule has 144 valence electrons. The van der Waals surface area contributed by atoms with Crippen molar-refractivity contribution in [2.24, 2.45) is 0 Å². The Hall–Kier alpha value is -1.75. The Kier molecular flexibility index (Phi) is 6.79. The highest BCUT2D eigenvalue weighted by atomic mass is 35.5. The number of benzene rings is 2. The smallest absolute Gasteiger partial charge is 0.267 e. The molecule has 2 rings (SSSR count). The van der Waals surface area contributed by atoms with Crippen molar-refractivity contribution in [3.63, 3.8) is 0 Å². The molecule has 2 aromatic carbocycles. The van der Waals surface area contributed by atoms with Gasteiger partial charge in [0.2, 0.25) is 0 Å². The normalized spacial score (nSPS) is 11.2. The van der Waals surface area contributed by atoms with E-state index in [0.717, 1.165) is 0 Å². The van der Waals surface area contributed by atoms with Gasteiger partial charge >= 0.3 is 0 Å². The third-order valence-electron chi connectivity index (χ3n) is 3.87. The first kappa shape index (κ1) is 21.5. The van der Waals surface area contributed by atoms with E-state index in [-0.39, 0.29) is 23.4 Å². The van der Waals surface area contributed by atoms with Crippen LogP contribution in [0.2, 0.25) is 15.1 Å². The topological polar surface area (TPSA) is 40.6 Å². The van der Waals surface area contributed by atoms with Gasteiger partial charge in [0, 0.05) is 12.1 Å². The number of carbonyl (C=O) groups excluding carboxylic acids is 2. The van der Waals surface area contributed by atoms with E-state index in [0.29, 0.717) is 21.2 Å². The molecule has 0 aliphatic rings. The van der Waals surface area contributed by atoms with Gasteiger partial charge in [0.05, 0.1) is 26.2 Å². The maximum Gasteiger partial charge on any atom is 0.273 e. The molecule has 0 radical (unpaired) electrons. The molecule has 0 spiro atoms. The number of halogens is 3. The summed E-state index contributed by atoms with van der Waals surface area (Å²) in [5.74, 6) is -0.713. The Morgan fingerprint density at radius 2 is 1.52 bits per heavy atom. The molecule has 2 amide bonds. The van der Waals surface area contributed by atoms with Gasteiger partial charge in [-0.15, -0.1) is 0 Å². The Bertz CT molecular complexity index is 863. The van der Waals surface area contributed by atoms with E-state index in [9.17, 15) is 9.59 Å². The van der Waals surface area contributed by atoms with Crippen LogP contribution in [0.3, 0.4) is 0 Å². The maximum absolute atomic E-state index is 13.3. The van der Waals surface area contributed by atoms with Crippen LogP contribution in [-0.4, -0.2) is 33.9 Å². The highest BCUT2D eigenvalue weighted by Gasteiger charge is 2.35. The molecule has 0 saturated heterocycles. The maximum atomic E-state index is 13.3. The average molecular weight is 428 g/mol. The second-order valence-corrected chi connectivity index (χ2v) is 8.14. The van der Waals surface area contributed by atoms with Gasteiger partial charge < -0.3 is 0 Å². The van der Waals surface area contributed by atoms with Gasteiger partial charge in [-0.05, 0) is 58.0 Å². The minimum atomic E-state index is -0.671. The molecule has 0 aliphatic heterocycles. The second kappa shape index (κ2) is 8.51. The number of rotatable bonds is 3. The summed E-state index contributed by atoms with van der Waals surface area (Å²) in [5.41, 5.74) is -0.00205. The molecule has 0 N–H and O–H groups in total. The van der Waals surface area contributed by atoms with E-state index in [1.807, 2.05) is 20.8 Å². The third-order valence-corrected chi connectivity index (χ3v) is 4.94. The lowest BCUT2D eigenvalue weighted by molar-refractivity contribution is -0.0410. The molecule has 0 saturated carbocycles. The van der Waals surface area contributed by atoms with Crippen LogP contribution in [0.5, 0.6) is 0 Å². The first-order valence-electron chi connectivity index (χ1n) is 8.43. The Labute approximate surface area is 174 Å². The van der Waals surface area contributed by atoms with E-state index in [1.165, 1.54) is 16.1 Å². The van der Waals surface area contributed by atoms with Crippen molar-refractivity contribution in [3.05, 3.63) is 68.7 Å². The van der Waals surface area contributed by atoms with Crippen molar-refractivity contribution in [1.29, 1.82) is 0 Å². The minimum absolute atomic E-state index is 0.275.